The summed E-state index contributed by atoms with van der Waals surface area (Å²) in [7, 11) is 0. The minimum Gasteiger partial charge on any atom is -0.304 e. The summed E-state index contributed by atoms with van der Waals surface area (Å²) in [5.41, 5.74) is 14.8. The summed E-state index contributed by atoms with van der Waals surface area (Å²) in [5.74, 6) is -1.73. The van der Waals surface area contributed by atoms with Gasteiger partial charge in [0, 0.05) is 143 Å². The van der Waals surface area contributed by atoms with Gasteiger partial charge < -0.3 is 24.9 Å². The molecule has 0 saturated carbocycles. The molecule has 5 radical (unpaired) electrons. The van der Waals surface area contributed by atoms with E-state index < -0.39 is 33.8 Å². The predicted molar refractivity (Wildman–Crippen MR) is 320 cm³/mol. The molecule has 5 aromatic heterocycles. The van der Waals surface area contributed by atoms with Crippen molar-refractivity contribution in [1.82, 2.24) is 24.9 Å². The van der Waals surface area contributed by atoms with Gasteiger partial charge in [-0.05, 0) is 84.3 Å². The predicted octanol–water partition coefficient (Wildman–Crippen LogP) is 18.3. The van der Waals surface area contributed by atoms with Crippen molar-refractivity contribution in [3.8, 4) is 62.4 Å². The van der Waals surface area contributed by atoms with E-state index in [0.29, 0.717) is 27.0 Å². The van der Waals surface area contributed by atoms with E-state index in [2.05, 4.69) is 98.9 Å². The number of fused-ring (bicyclic) bond motifs is 15. The third-order valence-corrected chi connectivity index (χ3v) is 18.0. The second-order valence-corrected chi connectivity index (χ2v) is 25.0. The molecule has 10 aromatic rings. The number of halogens is 9. The largest absolute Gasteiger partial charge is 0.417 e. The van der Waals surface area contributed by atoms with Gasteiger partial charge in [0.2, 0.25) is 0 Å². The van der Waals surface area contributed by atoms with E-state index in [1.54, 1.807) is 30.7 Å². The molecule has 5 aliphatic carbocycles. The molecule has 0 unspecified atom stereocenters. The molecule has 20 heteroatoms. The Bertz CT molecular complexity index is 4460. The first-order valence-electron chi connectivity index (χ1n) is 27.6. The Labute approximate surface area is 605 Å². The van der Waals surface area contributed by atoms with Crippen molar-refractivity contribution >= 4 is 15.9 Å². The molecule has 0 bridgehead atoms. The van der Waals surface area contributed by atoms with Gasteiger partial charge in [0.05, 0.1) is 29.5 Å². The first-order chi connectivity index (χ1) is 41.0. The molecule has 5 aliphatic rings. The smallest absolute Gasteiger partial charge is 0.304 e. The molecule has 483 valence electrons. The zero-order valence-corrected chi connectivity index (χ0v) is 64.0. The summed E-state index contributed by atoms with van der Waals surface area (Å²) < 4.78 is 106. The van der Waals surface area contributed by atoms with Gasteiger partial charge in [0.15, 0.2) is 0 Å². The molecule has 0 atom stereocenters. The Morgan fingerprint density at radius 2 is 0.793 bits per heavy atom. The van der Waals surface area contributed by atoms with Gasteiger partial charge in [-0.25, -0.2) is 4.39 Å². The maximum absolute atomic E-state index is 13.7. The quantitative estimate of drug-likeness (QED) is 0.111. The molecule has 6 nitrogen and oxygen atoms in total. The minimum atomic E-state index is -4.36. The number of nitrogens with zero attached hydrogens (tertiary/aromatic N) is 6. The number of hydrogen-bond donors (Lipinski definition) is 0. The van der Waals surface area contributed by atoms with Gasteiger partial charge >= 0.3 is 6.18 Å². The summed E-state index contributed by atoms with van der Waals surface area (Å²) in [5, 5.41) is 9.17. The van der Waals surface area contributed by atoms with Gasteiger partial charge in [-0.2, -0.15) is 18.4 Å². The van der Waals surface area contributed by atoms with Crippen molar-refractivity contribution in [2.24, 2.45) is 0 Å². The molecule has 0 spiro atoms. The Morgan fingerprint density at radius 3 is 1.30 bits per heavy atom. The van der Waals surface area contributed by atoms with Crippen LogP contribution in [-0.4, -0.2) is 24.9 Å². The molecule has 0 N–H and O–H groups in total. The number of rotatable bonds is 0. The van der Waals surface area contributed by atoms with E-state index in [1.807, 2.05) is 96.1 Å². The van der Waals surface area contributed by atoms with Crippen molar-refractivity contribution in [2.45, 2.75) is 102 Å². The van der Waals surface area contributed by atoms with E-state index in [4.69, 9.17) is 5.26 Å². The molecular weight excluding hydrogens is 2140 g/mol. The number of nitriles is 1. The molecule has 0 amide bonds. The van der Waals surface area contributed by atoms with E-state index in [9.17, 15) is 35.1 Å². The molecule has 92 heavy (non-hydrogen) atoms. The fourth-order valence-corrected chi connectivity index (χ4v) is 13.4. The van der Waals surface area contributed by atoms with E-state index in [-0.39, 0.29) is 140 Å². The van der Waals surface area contributed by atoms with Crippen LogP contribution >= 0.6 is 15.9 Å². The second kappa shape index (κ2) is 28.1. The topological polar surface area (TPSA) is 88.2 Å². The first kappa shape index (κ1) is 75.5. The Morgan fingerprint density at radius 1 is 0.413 bits per heavy atom. The van der Waals surface area contributed by atoms with Crippen molar-refractivity contribution in [3.05, 3.63) is 265 Å². The number of aromatic nitrogens is 5. The molecular formula is C72H52BrF8Ir5N6-5. The first-order valence-corrected chi connectivity index (χ1v) is 28.4. The van der Waals surface area contributed by atoms with Gasteiger partial charge in [-0.15, -0.1) is 135 Å². The Balaban J connectivity index is 0.000000180. The van der Waals surface area contributed by atoms with Gasteiger partial charge in [0.25, 0.3) is 0 Å². The van der Waals surface area contributed by atoms with Crippen LogP contribution in [0.5, 0.6) is 0 Å². The van der Waals surface area contributed by atoms with Gasteiger partial charge in [-0.1, -0.05) is 143 Å². The van der Waals surface area contributed by atoms with Crippen molar-refractivity contribution in [3.63, 3.8) is 0 Å². The summed E-state index contributed by atoms with van der Waals surface area (Å²) >= 11 is 3.34. The molecule has 5 aromatic carbocycles. The zero-order valence-electron chi connectivity index (χ0n) is 50.5. The van der Waals surface area contributed by atoms with Crippen LogP contribution in [0, 0.1) is 70.7 Å². The monoisotopic (exact) mass is 2200 g/mol. The van der Waals surface area contributed by atoms with E-state index >= 15 is 0 Å². The number of benzene rings is 5. The number of alkyl halides is 3. The maximum atomic E-state index is 13.7. The van der Waals surface area contributed by atoms with Crippen LogP contribution < -0.4 is 0 Å². The average Bonchev–Trinajstić information content (AvgIpc) is 1.63. The third-order valence-electron chi connectivity index (χ3n) is 17.2. The standard InChI is InChI=1S/C15H11F3N.C15H10FN2.C14H10BrFN.C14H10F2N.C14H11FN.5Ir/c1-14(2)11-6-4-3-5-10(11)13-12(14)7-9(8-19-13)15(16,17)18;1-15(2)11-4-3-7-18-14(11)9-5-6-12(16)10(8-17)13(9)15;1-14(2)9-4-3-7-17-13(9)8-5-6-10(16)12(15)11(8)14;1-14(2)11-5-8(15)3-4-10(11)13-12(14)6-9(16)7-17-13;1-14(2)11-4-3-7-16-13(11)10-6-5-9(15)8-12(10)14;;;;;/h3-4,6-8H,1-2H3;3-4,6-7H,1-2H3;3-4,6-7H,1-2H3;3,5-7H,1-2H3;3-5,7-8H,1-2H3;;;;;/q5*-1;;;;;. The SMILES string of the molecule is CC1(C)c2cc(F)c[c-]c2-c2ncc(F)cc21.CC1(C)c2cc(F)c[c-]c2-c2ncccc21.CC1(C)c2ccc[c-]c2-c2ncc(C(F)(F)F)cc21.CC1(C)c2cccnc2-c2[c-]cc(F)c(Br)c21.CC1(C)c2cccnc2-c2[c-]cc(F)c(C#N)c21.[Ir].[Ir].[Ir].[Ir].[Ir]. The summed E-state index contributed by atoms with van der Waals surface area (Å²) in [6, 6.07) is 45.1. The maximum Gasteiger partial charge on any atom is 0.417 e. The van der Waals surface area contributed by atoms with Gasteiger partial charge in [0.1, 0.15) is 5.82 Å². The van der Waals surface area contributed by atoms with Crippen molar-refractivity contribution < 1.29 is 136 Å². The fraction of sp³-hybridized carbons (Fsp3) is 0.222. The van der Waals surface area contributed by atoms with Crippen molar-refractivity contribution in [1.29, 1.82) is 5.26 Å². The summed E-state index contributed by atoms with van der Waals surface area (Å²) in [4.78, 5) is 21.2. The van der Waals surface area contributed by atoms with Crippen LogP contribution in [-0.2, 0) is 134 Å². The Hall–Kier alpha value is -5.49. The van der Waals surface area contributed by atoms with Crippen LogP contribution in [0.2, 0.25) is 0 Å². The van der Waals surface area contributed by atoms with Crippen LogP contribution in [0.1, 0.15) is 136 Å². The zero-order chi connectivity index (χ0) is 62.5. The normalized spacial score (nSPS) is 14.7. The molecule has 5 heterocycles. The van der Waals surface area contributed by atoms with E-state index in [1.165, 1.54) is 48.7 Å². The summed E-state index contributed by atoms with van der Waals surface area (Å²) in [6.07, 6.45) is 2.94. The van der Waals surface area contributed by atoms with Crippen LogP contribution in [0.4, 0.5) is 35.1 Å². The minimum absolute atomic E-state index is 0. The third kappa shape index (κ3) is 13.0. The van der Waals surface area contributed by atoms with Gasteiger partial charge in [-0.3, -0.25) is 17.6 Å². The molecule has 0 aliphatic heterocycles. The van der Waals surface area contributed by atoms with Crippen LogP contribution in [0.25, 0.3) is 56.3 Å². The van der Waals surface area contributed by atoms with Crippen molar-refractivity contribution in [2.75, 3.05) is 0 Å². The molecule has 15 rings (SSSR count). The number of hydrogen-bond acceptors (Lipinski definition) is 6. The van der Waals surface area contributed by atoms with Crippen LogP contribution in [0.3, 0.4) is 0 Å². The number of pyridine rings is 5. The molecule has 0 fully saturated rings. The second-order valence-electron chi connectivity index (χ2n) is 24.2. The Kier molecular flexibility index (Phi) is 23.0. The average molecular weight is 2190 g/mol. The van der Waals surface area contributed by atoms with Crippen LogP contribution in [0.15, 0.2) is 139 Å². The fourth-order valence-electron chi connectivity index (χ4n) is 12.6. The van der Waals surface area contributed by atoms with E-state index in [0.717, 1.165) is 95.6 Å². The summed E-state index contributed by atoms with van der Waals surface area (Å²) in [6.45, 7) is 20.0. The molecule has 0 saturated heterocycles.